The number of carbonyl (C=O) groups excluding carboxylic acids is 1. The summed E-state index contributed by atoms with van der Waals surface area (Å²) in [6.45, 7) is 0. The van der Waals surface area contributed by atoms with Gasteiger partial charge in [0, 0.05) is 13.3 Å². The zero-order valence-electron chi connectivity index (χ0n) is 8.77. The van der Waals surface area contributed by atoms with E-state index >= 15 is 0 Å². The van der Waals surface area contributed by atoms with Crippen molar-refractivity contribution in [3.05, 3.63) is 23.8 Å². The van der Waals surface area contributed by atoms with Crippen molar-refractivity contribution in [1.82, 2.24) is 9.97 Å². The van der Waals surface area contributed by atoms with Crippen LogP contribution in [0.5, 0.6) is 0 Å². The highest BCUT2D eigenvalue weighted by Crippen LogP contribution is 2.39. The lowest BCUT2D eigenvalue weighted by Gasteiger charge is -2.25. The van der Waals surface area contributed by atoms with Crippen LogP contribution in [-0.2, 0) is 10.3 Å². The highest BCUT2D eigenvalue weighted by molar-refractivity contribution is 5.71. The number of carbonyl (C=O) groups is 1. The summed E-state index contributed by atoms with van der Waals surface area (Å²) in [5.41, 5.74) is 0.0577. The fraction of sp³-hybridized carbons (Fsp3) is 0.545. The number of hydrogen-bond acceptors (Lipinski definition) is 4. The number of hydrogen-bond donors (Lipinski definition) is 0. The number of rotatable bonds is 3. The van der Waals surface area contributed by atoms with Gasteiger partial charge in [0.15, 0.2) is 12.1 Å². The maximum atomic E-state index is 10.6. The van der Waals surface area contributed by atoms with Gasteiger partial charge in [-0.05, 0) is 31.7 Å². The van der Waals surface area contributed by atoms with Crippen molar-refractivity contribution >= 4 is 6.29 Å². The number of aldehydes is 1. The van der Waals surface area contributed by atoms with Crippen molar-refractivity contribution in [3.63, 3.8) is 0 Å². The summed E-state index contributed by atoms with van der Waals surface area (Å²) < 4.78 is 5.54. The van der Waals surface area contributed by atoms with Crippen molar-refractivity contribution in [3.8, 4) is 0 Å². The highest BCUT2D eigenvalue weighted by atomic mass is 16.5. The van der Waals surface area contributed by atoms with E-state index in [2.05, 4.69) is 9.97 Å². The lowest BCUT2D eigenvalue weighted by molar-refractivity contribution is -0.0163. The van der Waals surface area contributed by atoms with E-state index in [-0.39, 0.29) is 5.60 Å². The zero-order valence-corrected chi connectivity index (χ0v) is 8.77. The van der Waals surface area contributed by atoms with E-state index in [0.29, 0.717) is 11.5 Å². The van der Waals surface area contributed by atoms with E-state index in [9.17, 15) is 4.79 Å². The minimum atomic E-state index is -0.362. The van der Waals surface area contributed by atoms with Crippen LogP contribution in [0.3, 0.4) is 0 Å². The molecule has 2 rings (SSSR count). The van der Waals surface area contributed by atoms with Crippen LogP contribution in [-0.4, -0.2) is 23.4 Å². The van der Waals surface area contributed by atoms with Gasteiger partial charge in [-0.15, -0.1) is 0 Å². The van der Waals surface area contributed by atoms with Gasteiger partial charge in [0.25, 0.3) is 0 Å². The summed E-state index contributed by atoms with van der Waals surface area (Å²) in [4.78, 5) is 19.1. The molecule has 0 unspecified atom stereocenters. The third kappa shape index (κ3) is 1.77. The van der Waals surface area contributed by atoms with Crippen LogP contribution >= 0.6 is 0 Å². The predicted octanol–water partition coefficient (Wildman–Crippen LogP) is 1.70. The van der Waals surface area contributed by atoms with Crippen molar-refractivity contribution in [1.29, 1.82) is 0 Å². The van der Waals surface area contributed by atoms with Gasteiger partial charge in [-0.25, -0.2) is 9.97 Å². The molecule has 80 valence electrons. The van der Waals surface area contributed by atoms with Crippen LogP contribution < -0.4 is 0 Å². The molecule has 1 aromatic rings. The van der Waals surface area contributed by atoms with Crippen LogP contribution in [0.4, 0.5) is 0 Å². The molecule has 0 atom stereocenters. The Morgan fingerprint density at radius 2 is 2.20 bits per heavy atom. The van der Waals surface area contributed by atoms with Crippen LogP contribution in [0.25, 0.3) is 0 Å². The first-order chi connectivity index (χ1) is 7.30. The van der Waals surface area contributed by atoms with E-state index in [4.69, 9.17) is 4.74 Å². The first-order valence-electron chi connectivity index (χ1n) is 5.14. The first kappa shape index (κ1) is 10.2. The maximum absolute atomic E-state index is 10.6. The molecule has 1 saturated carbocycles. The Morgan fingerprint density at radius 1 is 1.47 bits per heavy atom. The second-order valence-electron chi connectivity index (χ2n) is 3.83. The molecule has 0 saturated heterocycles. The molecule has 0 radical (unpaired) electrons. The van der Waals surface area contributed by atoms with Crippen molar-refractivity contribution in [2.24, 2.45) is 0 Å². The Hall–Kier alpha value is -1.29. The molecule has 0 aliphatic heterocycles. The van der Waals surface area contributed by atoms with Crippen LogP contribution in [0.15, 0.2) is 12.3 Å². The molecule has 4 heteroatoms. The van der Waals surface area contributed by atoms with Crippen LogP contribution in [0, 0.1) is 0 Å². The lowest BCUT2D eigenvalue weighted by atomic mass is 10.0. The number of methoxy groups -OCH3 is 1. The molecule has 1 heterocycles. The summed E-state index contributed by atoms with van der Waals surface area (Å²) in [6.07, 6.45) is 6.48. The standard InChI is InChI=1S/C11H14N2O2/c1-15-11(5-2-3-6-11)10-12-7-4-9(8-14)13-10/h4,7-8H,2-3,5-6H2,1H3. The summed E-state index contributed by atoms with van der Waals surface area (Å²) in [6, 6.07) is 1.61. The second kappa shape index (κ2) is 4.06. The van der Waals surface area contributed by atoms with Crippen LogP contribution in [0.2, 0.25) is 0 Å². The third-order valence-corrected chi connectivity index (χ3v) is 3.01. The van der Waals surface area contributed by atoms with E-state index < -0.39 is 0 Å². The molecule has 1 aromatic heterocycles. The van der Waals surface area contributed by atoms with Gasteiger partial charge in [-0.1, -0.05) is 0 Å². The van der Waals surface area contributed by atoms with Gasteiger partial charge in [0.1, 0.15) is 11.3 Å². The average Bonchev–Trinajstić information content (AvgIpc) is 2.79. The molecule has 0 amide bonds. The Morgan fingerprint density at radius 3 is 2.80 bits per heavy atom. The van der Waals surface area contributed by atoms with Gasteiger partial charge in [-0.3, -0.25) is 4.79 Å². The number of ether oxygens (including phenoxy) is 1. The molecule has 1 aliphatic rings. The quantitative estimate of drug-likeness (QED) is 0.706. The monoisotopic (exact) mass is 206 g/mol. The van der Waals surface area contributed by atoms with Gasteiger partial charge in [0.05, 0.1) is 0 Å². The van der Waals surface area contributed by atoms with Gasteiger partial charge in [0.2, 0.25) is 0 Å². The third-order valence-electron chi connectivity index (χ3n) is 3.01. The topological polar surface area (TPSA) is 52.1 Å². The average molecular weight is 206 g/mol. The number of nitrogens with zero attached hydrogens (tertiary/aromatic N) is 2. The van der Waals surface area contributed by atoms with Crippen molar-refractivity contribution < 1.29 is 9.53 Å². The molecule has 15 heavy (non-hydrogen) atoms. The fourth-order valence-electron chi connectivity index (χ4n) is 2.12. The van der Waals surface area contributed by atoms with E-state index in [1.165, 1.54) is 0 Å². The summed E-state index contributed by atoms with van der Waals surface area (Å²) in [5.74, 6) is 0.645. The number of aromatic nitrogens is 2. The van der Waals surface area contributed by atoms with E-state index in [1.54, 1.807) is 19.4 Å². The predicted molar refractivity (Wildman–Crippen MR) is 54.6 cm³/mol. The Balaban J connectivity index is 2.37. The van der Waals surface area contributed by atoms with Gasteiger partial charge >= 0.3 is 0 Å². The normalized spacial score (nSPS) is 19.0. The largest absolute Gasteiger partial charge is 0.370 e. The van der Waals surface area contributed by atoms with E-state index in [1.807, 2.05) is 0 Å². The van der Waals surface area contributed by atoms with Gasteiger partial charge in [-0.2, -0.15) is 0 Å². The minimum absolute atomic E-state index is 0.362. The molecule has 1 fully saturated rings. The molecule has 0 aromatic carbocycles. The molecule has 0 spiro atoms. The Kier molecular flexibility index (Phi) is 2.77. The Labute approximate surface area is 88.7 Å². The molecular weight excluding hydrogens is 192 g/mol. The minimum Gasteiger partial charge on any atom is -0.370 e. The smallest absolute Gasteiger partial charge is 0.168 e. The maximum Gasteiger partial charge on any atom is 0.168 e. The summed E-state index contributed by atoms with van der Waals surface area (Å²) in [7, 11) is 1.68. The molecular formula is C11H14N2O2. The molecule has 0 bridgehead atoms. The van der Waals surface area contributed by atoms with E-state index in [0.717, 1.165) is 32.0 Å². The van der Waals surface area contributed by atoms with Crippen LogP contribution in [0.1, 0.15) is 42.0 Å². The Bertz CT molecular complexity index is 359. The highest BCUT2D eigenvalue weighted by Gasteiger charge is 2.38. The zero-order chi connectivity index (χ0) is 10.7. The molecule has 0 N–H and O–H groups in total. The molecule has 4 nitrogen and oxygen atoms in total. The SMILES string of the molecule is COC1(c2nccc(C=O)n2)CCCC1. The first-order valence-corrected chi connectivity index (χ1v) is 5.14. The summed E-state index contributed by atoms with van der Waals surface area (Å²) >= 11 is 0. The van der Waals surface area contributed by atoms with Crippen molar-refractivity contribution in [2.75, 3.05) is 7.11 Å². The summed E-state index contributed by atoms with van der Waals surface area (Å²) in [5, 5.41) is 0. The second-order valence-corrected chi connectivity index (χ2v) is 3.83. The van der Waals surface area contributed by atoms with Crippen molar-refractivity contribution in [2.45, 2.75) is 31.3 Å². The molecule has 1 aliphatic carbocycles. The van der Waals surface area contributed by atoms with Gasteiger partial charge < -0.3 is 4.74 Å². The lowest BCUT2D eigenvalue weighted by Crippen LogP contribution is -2.27. The fourth-order valence-corrected chi connectivity index (χ4v) is 2.12.